The van der Waals surface area contributed by atoms with Gasteiger partial charge in [0.1, 0.15) is 5.69 Å². The summed E-state index contributed by atoms with van der Waals surface area (Å²) >= 11 is 3.54. The number of aryl methyl sites for hydroxylation is 1. The van der Waals surface area contributed by atoms with E-state index in [0.717, 1.165) is 32.1 Å². The van der Waals surface area contributed by atoms with Gasteiger partial charge in [0.25, 0.3) is 0 Å². The van der Waals surface area contributed by atoms with Gasteiger partial charge in [-0.15, -0.1) is 35.0 Å². The van der Waals surface area contributed by atoms with Gasteiger partial charge >= 0.3 is 0 Å². The van der Waals surface area contributed by atoms with Gasteiger partial charge in [0, 0.05) is 20.8 Å². The van der Waals surface area contributed by atoms with E-state index in [1.54, 1.807) is 0 Å². The number of benzene rings is 2. The third-order valence-corrected chi connectivity index (χ3v) is 4.07. The predicted molar refractivity (Wildman–Crippen MR) is 107 cm³/mol. The van der Waals surface area contributed by atoms with Gasteiger partial charge in [0.05, 0.1) is 0 Å². The van der Waals surface area contributed by atoms with Crippen LogP contribution in [0.4, 0.5) is 5.82 Å². The van der Waals surface area contributed by atoms with Crippen LogP contribution in [-0.4, -0.2) is 16.2 Å². The lowest BCUT2D eigenvalue weighted by Gasteiger charge is -2.12. The van der Waals surface area contributed by atoms with E-state index in [1.165, 1.54) is 0 Å². The highest BCUT2D eigenvalue weighted by Gasteiger charge is 2.14. The first-order chi connectivity index (χ1) is 10.6. The molecule has 8 heteroatoms. The van der Waals surface area contributed by atoms with Crippen LogP contribution in [0.15, 0.2) is 46.9 Å². The molecule has 1 aromatic heterocycles. The molecule has 0 aliphatic carbocycles. The Bertz CT molecular complexity index is 885. The number of hydrogen-bond acceptors (Lipinski definition) is 3. The maximum Gasteiger partial charge on any atom is 0.191 e. The van der Waals surface area contributed by atoms with E-state index in [9.17, 15) is 0 Å². The molecule has 0 aliphatic heterocycles. The van der Waals surface area contributed by atoms with E-state index in [2.05, 4.69) is 31.4 Å². The van der Waals surface area contributed by atoms with E-state index in [4.69, 9.17) is 11.1 Å². The highest BCUT2D eigenvalue weighted by atomic mass is 79.9. The minimum atomic E-state index is -0.171. The largest absolute Gasteiger partial charge is 0.370 e. The van der Waals surface area contributed by atoms with Crippen molar-refractivity contribution in [2.45, 2.75) is 6.92 Å². The fraction of sp³-hybridized carbons (Fsp3) is 0.0625. The van der Waals surface area contributed by atoms with Crippen molar-refractivity contribution in [3.8, 4) is 11.3 Å². The van der Waals surface area contributed by atoms with Gasteiger partial charge in [0.15, 0.2) is 11.8 Å². The lowest BCUT2D eigenvalue weighted by molar-refractivity contribution is 1.06. The molecular formula is C16H16BrCl2N5. The normalized spacial score (nSPS) is 9.75. The van der Waals surface area contributed by atoms with Crippen molar-refractivity contribution in [3.05, 3.63) is 52.5 Å². The molecule has 0 radical (unpaired) electrons. The zero-order valence-corrected chi connectivity index (χ0v) is 15.9. The molecule has 2 aromatic carbocycles. The summed E-state index contributed by atoms with van der Waals surface area (Å²) in [6, 6.07) is 13.9. The predicted octanol–water partition coefficient (Wildman–Crippen LogP) is 4.52. The van der Waals surface area contributed by atoms with E-state index >= 15 is 0 Å². The molecule has 0 saturated heterocycles. The molecule has 3 aromatic rings. The van der Waals surface area contributed by atoms with Crippen molar-refractivity contribution >= 4 is 63.3 Å². The summed E-state index contributed by atoms with van der Waals surface area (Å²) in [6.07, 6.45) is 0. The molecule has 0 atom stereocenters. The smallest absolute Gasteiger partial charge is 0.191 e. The molecule has 0 unspecified atom stereocenters. The number of halogens is 3. The maximum absolute atomic E-state index is 7.41. The van der Waals surface area contributed by atoms with Gasteiger partial charge in [-0.25, -0.2) is 0 Å². The third-order valence-electron chi connectivity index (χ3n) is 3.41. The quantitative estimate of drug-likeness (QED) is 0.413. The molecule has 24 heavy (non-hydrogen) atoms. The number of fused-ring (bicyclic) bond motifs is 1. The number of guanidine groups is 1. The van der Waals surface area contributed by atoms with Gasteiger partial charge in [-0.05, 0) is 18.6 Å². The third kappa shape index (κ3) is 3.77. The summed E-state index contributed by atoms with van der Waals surface area (Å²) in [4.78, 5) is 0. The minimum Gasteiger partial charge on any atom is -0.370 e. The fourth-order valence-corrected chi connectivity index (χ4v) is 2.97. The summed E-state index contributed by atoms with van der Waals surface area (Å²) in [5.41, 5.74) is 8.40. The van der Waals surface area contributed by atoms with Crippen LogP contribution in [0.25, 0.3) is 22.0 Å². The van der Waals surface area contributed by atoms with Gasteiger partial charge in [-0.2, -0.15) is 0 Å². The van der Waals surface area contributed by atoms with Crippen LogP contribution in [0.3, 0.4) is 0 Å². The highest BCUT2D eigenvalue weighted by molar-refractivity contribution is 9.10. The summed E-state index contributed by atoms with van der Waals surface area (Å²) in [5, 5.41) is 20.5. The van der Waals surface area contributed by atoms with Crippen LogP contribution in [0.2, 0.25) is 0 Å². The Labute approximate surface area is 160 Å². The van der Waals surface area contributed by atoms with Crippen LogP contribution in [-0.2, 0) is 0 Å². The van der Waals surface area contributed by atoms with E-state index in [1.807, 2.05) is 49.4 Å². The van der Waals surface area contributed by atoms with Gasteiger partial charge in [-0.1, -0.05) is 52.3 Å². The van der Waals surface area contributed by atoms with E-state index in [0.29, 0.717) is 5.82 Å². The van der Waals surface area contributed by atoms with Gasteiger partial charge in [-0.3, -0.25) is 5.41 Å². The molecular weight excluding hydrogens is 413 g/mol. The average Bonchev–Trinajstić information content (AvgIpc) is 2.48. The van der Waals surface area contributed by atoms with Crippen molar-refractivity contribution in [2.75, 3.05) is 5.32 Å². The van der Waals surface area contributed by atoms with Crippen molar-refractivity contribution in [1.29, 1.82) is 5.41 Å². The van der Waals surface area contributed by atoms with E-state index < -0.39 is 0 Å². The number of nitrogens with two attached hydrogens (primary N) is 1. The minimum absolute atomic E-state index is 0. The maximum atomic E-state index is 7.41. The zero-order chi connectivity index (χ0) is 15.7. The van der Waals surface area contributed by atoms with Crippen LogP contribution in [0.5, 0.6) is 0 Å². The number of hydrogen-bond donors (Lipinski definition) is 3. The van der Waals surface area contributed by atoms with E-state index in [-0.39, 0.29) is 30.8 Å². The second-order valence-corrected chi connectivity index (χ2v) is 5.77. The number of rotatable bonds is 2. The highest BCUT2D eigenvalue weighted by Crippen LogP contribution is 2.35. The van der Waals surface area contributed by atoms with Crippen LogP contribution < -0.4 is 11.1 Å². The second-order valence-electron chi connectivity index (χ2n) is 4.91. The first kappa shape index (κ1) is 20.2. The van der Waals surface area contributed by atoms with Crippen molar-refractivity contribution in [1.82, 2.24) is 10.2 Å². The number of nitrogens with one attached hydrogen (secondary N) is 2. The van der Waals surface area contributed by atoms with Crippen molar-refractivity contribution in [2.24, 2.45) is 5.73 Å². The molecule has 3 rings (SSSR count). The number of anilines is 1. The molecule has 0 amide bonds. The molecule has 0 saturated carbocycles. The van der Waals surface area contributed by atoms with Crippen LogP contribution in [0.1, 0.15) is 5.56 Å². The Morgan fingerprint density at radius 2 is 1.79 bits per heavy atom. The average molecular weight is 429 g/mol. The topological polar surface area (TPSA) is 87.7 Å². The summed E-state index contributed by atoms with van der Waals surface area (Å²) < 4.78 is 0.874. The Kier molecular flexibility index (Phi) is 6.95. The van der Waals surface area contributed by atoms with Gasteiger partial charge < -0.3 is 11.1 Å². The standard InChI is InChI=1S/C16H14BrN5.2ClH/c1-9-5-2-3-6-10(9)14-11-7-4-8-12(17)13(11)15(22-21-14)20-16(18)19;;/h2-8H,1H3,(H4,18,19,20,22);2*1H. The lowest BCUT2D eigenvalue weighted by Crippen LogP contribution is -2.21. The molecule has 0 spiro atoms. The molecule has 0 bridgehead atoms. The lowest BCUT2D eigenvalue weighted by atomic mass is 10.0. The summed E-state index contributed by atoms with van der Waals surface area (Å²) in [6.45, 7) is 2.04. The van der Waals surface area contributed by atoms with Crippen molar-refractivity contribution < 1.29 is 0 Å². The fourth-order valence-electron chi connectivity index (χ4n) is 2.42. The first-order valence-electron chi connectivity index (χ1n) is 6.70. The van der Waals surface area contributed by atoms with Crippen molar-refractivity contribution in [3.63, 3.8) is 0 Å². The van der Waals surface area contributed by atoms with Crippen LogP contribution in [0, 0.1) is 12.3 Å². The Balaban J connectivity index is 0.00000144. The first-order valence-corrected chi connectivity index (χ1v) is 7.49. The molecule has 0 fully saturated rings. The zero-order valence-electron chi connectivity index (χ0n) is 12.7. The molecule has 5 nitrogen and oxygen atoms in total. The Morgan fingerprint density at radius 3 is 2.46 bits per heavy atom. The molecule has 1 heterocycles. The summed E-state index contributed by atoms with van der Waals surface area (Å²) in [7, 11) is 0. The van der Waals surface area contributed by atoms with Gasteiger partial charge in [0.2, 0.25) is 0 Å². The second kappa shape index (κ2) is 8.28. The Morgan fingerprint density at radius 1 is 1.08 bits per heavy atom. The SMILES string of the molecule is Cc1ccccc1-c1nnc(NC(=N)N)c2c(Br)cccc12.Cl.Cl. The summed E-state index contributed by atoms with van der Waals surface area (Å²) in [5.74, 6) is 0.294. The molecule has 0 aliphatic rings. The monoisotopic (exact) mass is 427 g/mol. The Hall–Kier alpha value is -1.89. The number of aromatic nitrogens is 2. The molecule has 126 valence electrons. The molecule has 4 N–H and O–H groups in total. The van der Waals surface area contributed by atoms with Crippen LogP contribution >= 0.6 is 40.7 Å². The number of nitrogens with zero attached hydrogens (tertiary/aromatic N) is 2.